The van der Waals surface area contributed by atoms with Crippen molar-refractivity contribution in [2.75, 3.05) is 20.3 Å². The second kappa shape index (κ2) is 7.94. The van der Waals surface area contributed by atoms with Crippen molar-refractivity contribution in [3.05, 3.63) is 36.3 Å². The number of halogens is 1. The number of methoxy groups -OCH3 is 1. The Morgan fingerprint density at radius 1 is 1.46 bits per heavy atom. The first kappa shape index (κ1) is 18.7. The quantitative estimate of drug-likeness (QED) is 0.227. The molecule has 0 aromatic heterocycles. The lowest BCUT2D eigenvalue weighted by molar-refractivity contribution is -0.385. The molecule has 128 valence electrons. The van der Waals surface area contributed by atoms with E-state index in [0.717, 1.165) is 22.7 Å². The standard InChI is InChI=1S/C14H13IN2O6S/c1-23-4-2-3-16-13(19)11(24-14(16)20)6-8-5-9(17(21)22)7-10(15)12(8)18/h5-7,18H,2-4H2,1H3/b11-6+. The van der Waals surface area contributed by atoms with Gasteiger partial charge in [-0.15, -0.1) is 0 Å². The zero-order valence-electron chi connectivity index (χ0n) is 12.5. The molecule has 0 atom stereocenters. The van der Waals surface area contributed by atoms with Gasteiger partial charge >= 0.3 is 0 Å². The number of amides is 2. The molecule has 1 aliphatic rings. The van der Waals surface area contributed by atoms with Crippen molar-refractivity contribution < 1.29 is 24.4 Å². The van der Waals surface area contributed by atoms with Crippen molar-refractivity contribution in [2.24, 2.45) is 0 Å². The van der Waals surface area contributed by atoms with Crippen molar-refractivity contribution in [1.29, 1.82) is 0 Å². The zero-order chi connectivity index (χ0) is 17.9. The number of rotatable bonds is 6. The summed E-state index contributed by atoms with van der Waals surface area (Å²) in [4.78, 5) is 35.7. The number of phenols is 1. The van der Waals surface area contributed by atoms with Gasteiger partial charge in [-0.2, -0.15) is 0 Å². The number of thioether (sulfide) groups is 1. The van der Waals surface area contributed by atoms with Crippen LogP contribution in [0.5, 0.6) is 5.75 Å². The Bertz CT molecular complexity index is 736. The predicted octanol–water partition coefficient (Wildman–Crippen LogP) is 2.98. The number of carbonyl (C=O) groups is 2. The second-order valence-electron chi connectivity index (χ2n) is 4.80. The molecule has 1 aromatic rings. The van der Waals surface area contributed by atoms with Crippen LogP contribution in [0.3, 0.4) is 0 Å². The van der Waals surface area contributed by atoms with Gasteiger partial charge in [-0.3, -0.25) is 24.6 Å². The lowest BCUT2D eigenvalue weighted by Gasteiger charge is -2.11. The molecule has 0 radical (unpaired) electrons. The van der Waals surface area contributed by atoms with Crippen LogP contribution in [-0.2, 0) is 9.53 Å². The molecule has 8 nitrogen and oxygen atoms in total. The normalized spacial score (nSPS) is 16.2. The van der Waals surface area contributed by atoms with Crippen LogP contribution in [0, 0.1) is 13.7 Å². The molecule has 0 saturated carbocycles. The Morgan fingerprint density at radius 3 is 2.79 bits per heavy atom. The summed E-state index contributed by atoms with van der Waals surface area (Å²) in [6.07, 6.45) is 1.81. The molecule has 1 aliphatic heterocycles. The van der Waals surface area contributed by atoms with E-state index in [0.29, 0.717) is 13.0 Å². The Kier molecular flexibility index (Phi) is 6.18. The van der Waals surface area contributed by atoms with E-state index < -0.39 is 16.1 Å². The zero-order valence-corrected chi connectivity index (χ0v) is 15.5. The smallest absolute Gasteiger partial charge is 0.293 e. The lowest BCUT2D eigenvalue weighted by atomic mass is 10.1. The minimum absolute atomic E-state index is 0.115. The molecule has 0 aliphatic carbocycles. The minimum Gasteiger partial charge on any atom is -0.506 e. The summed E-state index contributed by atoms with van der Waals surface area (Å²) in [7, 11) is 1.53. The van der Waals surface area contributed by atoms with Crippen LogP contribution in [0.4, 0.5) is 10.5 Å². The van der Waals surface area contributed by atoms with E-state index in [1.807, 2.05) is 0 Å². The summed E-state index contributed by atoms with van der Waals surface area (Å²) in [5.74, 6) is -0.658. The number of hydrogen-bond acceptors (Lipinski definition) is 7. The number of nitrogens with zero attached hydrogens (tertiary/aromatic N) is 2. The third-order valence-corrected chi connectivity index (χ3v) is 4.91. The second-order valence-corrected chi connectivity index (χ2v) is 6.96. The van der Waals surface area contributed by atoms with Crippen LogP contribution in [0.1, 0.15) is 12.0 Å². The van der Waals surface area contributed by atoms with E-state index in [2.05, 4.69) is 0 Å². The number of imide groups is 1. The molecular formula is C14H13IN2O6S. The van der Waals surface area contributed by atoms with Crippen molar-refractivity contribution in [1.82, 2.24) is 4.90 Å². The number of nitro groups is 1. The lowest BCUT2D eigenvalue weighted by Crippen LogP contribution is -2.29. The van der Waals surface area contributed by atoms with Crippen LogP contribution >= 0.6 is 34.4 Å². The van der Waals surface area contributed by atoms with Gasteiger partial charge < -0.3 is 9.84 Å². The van der Waals surface area contributed by atoms with Crippen molar-refractivity contribution in [2.45, 2.75) is 6.42 Å². The van der Waals surface area contributed by atoms with Gasteiger partial charge in [0.2, 0.25) is 0 Å². The van der Waals surface area contributed by atoms with Crippen LogP contribution in [0.2, 0.25) is 0 Å². The van der Waals surface area contributed by atoms with Gasteiger partial charge in [0, 0.05) is 38.0 Å². The Morgan fingerprint density at radius 2 is 2.17 bits per heavy atom. The molecule has 2 rings (SSSR count). The third-order valence-electron chi connectivity index (χ3n) is 3.18. The maximum absolute atomic E-state index is 12.3. The van der Waals surface area contributed by atoms with Crippen molar-refractivity contribution in [3.8, 4) is 5.75 Å². The molecule has 0 bridgehead atoms. The third kappa shape index (κ3) is 4.05. The fourth-order valence-corrected chi connectivity index (χ4v) is 3.51. The highest BCUT2D eigenvalue weighted by Gasteiger charge is 2.34. The van der Waals surface area contributed by atoms with E-state index in [1.54, 1.807) is 22.6 Å². The SMILES string of the molecule is COCCCN1C(=O)S/C(=C/c2cc([N+](=O)[O-])cc(I)c2O)C1=O. The number of aromatic hydroxyl groups is 1. The Balaban J connectivity index is 2.30. The molecule has 0 spiro atoms. The maximum Gasteiger partial charge on any atom is 0.293 e. The number of nitro benzene ring substituents is 1. The highest BCUT2D eigenvalue weighted by atomic mass is 127. The summed E-state index contributed by atoms with van der Waals surface area (Å²) in [6, 6.07) is 2.39. The largest absolute Gasteiger partial charge is 0.506 e. The molecule has 2 amide bonds. The number of carbonyl (C=O) groups excluding carboxylic acids is 2. The molecule has 24 heavy (non-hydrogen) atoms. The number of benzene rings is 1. The average Bonchev–Trinajstić information content (AvgIpc) is 2.79. The highest BCUT2D eigenvalue weighted by molar-refractivity contribution is 14.1. The maximum atomic E-state index is 12.3. The number of non-ortho nitro benzene ring substituents is 1. The summed E-state index contributed by atoms with van der Waals surface area (Å²) in [6.45, 7) is 0.652. The summed E-state index contributed by atoms with van der Waals surface area (Å²) >= 11 is 2.50. The molecule has 1 N–H and O–H groups in total. The Hall–Kier alpha value is -1.66. The molecular weight excluding hydrogens is 451 g/mol. The molecule has 1 fully saturated rings. The average molecular weight is 464 g/mol. The molecule has 10 heteroatoms. The van der Waals surface area contributed by atoms with Crippen molar-refractivity contribution >= 4 is 57.3 Å². The van der Waals surface area contributed by atoms with Crippen molar-refractivity contribution in [3.63, 3.8) is 0 Å². The van der Waals surface area contributed by atoms with Gasteiger partial charge in [0.25, 0.3) is 16.8 Å². The van der Waals surface area contributed by atoms with Crippen LogP contribution < -0.4 is 0 Å². The Labute approximate surface area is 155 Å². The monoisotopic (exact) mass is 464 g/mol. The van der Waals surface area contributed by atoms with E-state index in [1.165, 1.54) is 19.3 Å². The van der Waals surface area contributed by atoms with Gasteiger partial charge in [0.05, 0.1) is 13.4 Å². The number of hydrogen-bond donors (Lipinski definition) is 1. The van der Waals surface area contributed by atoms with Gasteiger partial charge in [0.15, 0.2) is 0 Å². The fraction of sp³-hybridized carbons (Fsp3) is 0.286. The number of phenolic OH excluding ortho intramolecular Hbond substituents is 1. The van der Waals surface area contributed by atoms with Gasteiger partial charge in [-0.05, 0) is 46.8 Å². The van der Waals surface area contributed by atoms with E-state index >= 15 is 0 Å². The summed E-state index contributed by atoms with van der Waals surface area (Å²) < 4.78 is 5.18. The first-order valence-corrected chi connectivity index (χ1v) is 8.66. The predicted molar refractivity (Wildman–Crippen MR) is 96.6 cm³/mol. The van der Waals surface area contributed by atoms with E-state index in [9.17, 15) is 24.8 Å². The first-order valence-electron chi connectivity index (χ1n) is 6.76. The van der Waals surface area contributed by atoms with Gasteiger partial charge in [-0.25, -0.2) is 0 Å². The highest BCUT2D eigenvalue weighted by Crippen LogP contribution is 2.36. The topological polar surface area (TPSA) is 110 Å². The van der Waals surface area contributed by atoms with Crippen LogP contribution in [0.25, 0.3) is 6.08 Å². The van der Waals surface area contributed by atoms with Crippen LogP contribution in [0.15, 0.2) is 17.0 Å². The first-order chi connectivity index (χ1) is 11.3. The van der Waals surface area contributed by atoms with Gasteiger partial charge in [0.1, 0.15) is 5.75 Å². The molecule has 1 saturated heterocycles. The molecule has 0 unspecified atom stereocenters. The fourth-order valence-electron chi connectivity index (χ4n) is 2.02. The molecule has 1 aromatic carbocycles. The van der Waals surface area contributed by atoms with Gasteiger partial charge in [-0.1, -0.05) is 0 Å². The van der Waals surface area contributed by atoms with E-state index in [-0.39, 0.29) is 32.0 Å². The van der Waals surface area contributed by atoms with Crippen LogP contribution in [-0.4, -0.2) is 46.3 Å². The molecule has 1 heterocycles. The summed E-state index contributed by atoms with van der Waals surface area (Å²) in [5.41, 5.74) is -0.0845. The van der Waals surface area contributed by atoms with E-state index in [4.69, 9.17) is 4.74 Å². The number of ether oxygens (including phenoxy) is 1. The summed E-state index contributed by atoms with van der Waals surface area (Å²) in [5, 5.41) is 20.6. The minimum atomic E-state index is -0.588.